The summed E-state index contributed by atoms with van der Waals surface area (Å²) in [5.41, 5.74) is 4.21. The number of carbonyl (C=O) groups is 2. The highest BCUT2D eigenvalue weighted by Crippen LogP contribution is 2.43. The maximum atomic E-state index is 12.5. The molecule has 0 heterocycles. The molecule has 0 unspecified atom stereocenters. The van der Waals surface area contributed by atoms with Crippen LogP contribution in [0.1, 0.15) is 33.1 Å². The third-order valence-electron chi connectivity index (χ3n) is 3.80. The number of carbonyl (C=O) groups excluding carboxylic acids is 2. The Kier molecular flexibility index (Phi) is 4.70. The summed E-state index contributed by atoms with van der Waals surface area (Å²) in [4.78, 5) is 25.4. The second-order valence-electron chi connectivity index (χ2n) is 5.08. The molecular weight excluding hydrogens is 236 g/mol. The first kappa shape index (κ1) is 14.9. The summed E-state index contributed by atoms with van der Waals surface area (Å²) < 4.78 is 0. The molecule has 1 rings (SSSR count). The minimum absolute atomic E-state index is 0.217. The predicted molar refractivity (Wildman–Crippen MR) is 65.4 cm³/mol. The Bertz CT molecular complexity index is 318. The van der Waals surface area contributed by atoms with Crippen molar-refractivity contribution in [3.8, 4) is 0 Å². The maximum absolute atomic E-state index is 12.5. The standard InChI is InChI=1S/C12H22N2O4/c1-8(6-15)14(9(2)7-16)11(18)12(10(13)17)4-3-5-12/h8-9,15-16H,3-7H2,1-2H3,(H2,13,17)/t8-,9-/m1/s1. The van der Waals surface area contributed by atoms with Crippen LogP contribution in [-0.2, 0) is 9.59 Å². The van der Waals surface area contributed by atoms with Gasteiger partial charge >= 0.3 is 0 Å². The molecule has 1 aliphatic carbocycles. The Morgan fingerprint density at radius 3 is 1.89 bits per heavy atom. The lowest BCUT2D eigenvalue weighted by Gasteiger charge is -2.44. The number of hydrogen-bond donors (Lipinski definition) is 3. The summed E-state index contributed by atoms with van der Waals surface area (Å²) >= 11 is 0. The first-order valence-corrected chi connectivity index (χ1v) is 6.25. The molecule has 0 aromatic rings. The number of aliphatic hydroxyl groups excluding tert-OH is 2. The molecule has 0 aromatic carbocycles. The van der Waals surface area contributed by atoms with Gasteiger partial charge in [-0.1, -0.05) is 6.42 Å². The van der Waals surface area contributed by atoms with Crippen LogP contribution in [0, 0.1) is 5.41 Å². The van der Waals surface area contributed by atoms with Gasteiger partial charge in [0.25, 0.3) is 0 Å². The molecule has 0 spiro atoms. The molecule has 1 saturated carbocycles. The van der Waals surface area contributed by atoms with Crippen LogP contribution in [0.4, 0.5) is 0 Å². The van der Waals surface area contributed by atoms with Gasteiger partial charge in [0, 0.05) is 0 Å². The third-order valence-corrected chi connectivity index (χ3v) is 3.80. The second-order valence-corrected chi connectivity index (χ2v) is 5.08. The maximum Gasteiger partial charge on any atom is 0.238 e. The Morgan fingerprint density at radius 2 is 1.67 bits per heavy atom. The van der Waals surface area contributed by atoms with Crippen LogP contribution in [0.3, 0.4) is 0 Å². The SMILES string of the molecule is C[C@H](CO)N(C(=O)C1(C(N)=O)CCC1)[C@H](C)CO. The van der Waals surface area contributed by atoms with Crippen LogP contribution >= 0.6 is 0 Å². The number of rotatable bonds is 6. The quantitative estimate of drug-likeness (QED) is 0.544. The van der Waals surface area contributed by atoms with Crippen molar-refractivity contribution in [1.82, 2.24) is 4.90 Å². The first-order chi connectivity index (χ1) is 8.40. The van der Waals surface area contributed by atoms with Crippen molar-refractivity contribution in [2.75, 3.05) is 13.2 Å². The molecule has 2 atom stereocenters. The largest absolute Gasteiger partial charge is 0.394 e. The number of nitrogens with two attached hydrogens (primary N) is 1. The summed E-state index contributed by atoms with van der Waals surface area (Å²) in [5.74, 6) is -0.983. The summed E-state index contributed by atoms with van der Waals surface area (Å²) in [6, 6.07) is -0.895. The van der Waals surface area contributed by atoms with Crippen LogP contribution in [0.25, 0.3) is 0 Å². The number of primary amides is 1. The molecule has 0 aliphatic heterocycles. The molecule has 6 nitrogen and oxygen atoms in total. The van der Waals surface area contributed by atoms with Crippen molar-refractivity contribution >= 4 is 11.8 Å². The van der Waals surface area contributed by atoms with Crippen LogP contribution in [0.2, 0.25) is 0 Å². The summed E-state index contributed by atoms with van der Waals surface area (Å²) in [7, 11) is 0. The molecule has 6 heteroatoms. The van der Waals surface area contributed by atoms with Crippen LogP contribution in [-0.4, -0.2) is 52.2 Å². The Balaban J connectivity index is 2.98. The van der Waals surface area contributed by atoms with Gasteiger partial charge in [-0.2, -0.15) is 0 Å². The topological polar surface area (TPSA) is 104 Å². The van der Waals surface area contributed by atoms with Crippen LogP contribution < -0.4 is 5.73 Å². The third kappa shape index (κ3) is 2.35. The van der Waals surface area contributed by atoms with E-state index in [-0.39, 0.29) is 19.1 Å². The smallest absolute Gasteiger partial charge is 0.238 e. The number of hydrogen-bond acceptors (Lipinski definition) is 4. The van der Waals surface area contributed by atoms with Crippen molar-refractivity contribution in [3.63, 3.8) is 0 Å². The molecule has 0 radical (unpaired) electrons. The van der Waals surface area contributed by atoms with Gasteiger partial charge in [-0.3, -0.25) is 9.59 Å². The molecular formula is C12H22N2O4. The summed E-state index contributed by atoms with van der Waals surface area (Å²) in [6.45, 7) is 2.92. The zero-order valence-corrected chi connectivity index (χ0v) is 10.9. The highest BCUT2D eigenvalue weighted by molar-refractivity contribution is 6.05. The van der Waals surface area contributed by atoms with E-state index in [9.17, 15) is 19.8 Å². The molecule has 4 N–H and O–H groups in total. The van der Waals surface area contributed by atoms with Crippen molar-refractivity contribution < 1.29 is 19.8 Å². The van der Waals surface area contributed by atoms with Gasteiger partial charge in [-0.05, 0) is 26.7 Å². The number of aliphatic hydroxyl groups is 2. The van der Waals surface area contributed by atoms with Gasteiger partial charge in [-0.25, -0.2) is 0 Å². The van der Waals surface area contributed by atoms with Gasteiger partial charge in [0.15, 0.2) is 0 Å². The second kappa shape index (κ2) is 5.67. The highest BCUT2D eigenvalue weighted by atomic mass is 16.3. The van der Waals surface area contributed by atoms with Crippen molar-refractivity contribution in [3.05, 3.63) is 0 Å². The fourth-order valence-corrected chi connectivity index (χ4v) is 2.35. The lowest BCUT2D eigenvalue weighted by molar-refractivity contribution is -0.160. The average molecular weight is 258 g/mol. The number of nitrogens with zero attached hydrogens (tertiary/aromatic N) is 1. The summed E-state index contributed by atoms with van der Waals surface area (Å²) in [6.07, 6.45) is 1.70. The number of amides is 2. The Labute approximate surface area is 107 Å². The fourth-order valence-electron chi connectivity index (χ4n) is 2.35. The average Bonchev–Trinajstić information content (AvgIpc) is 2.26. The fraction of sp³-hybridized carbons (Fsp3) is 0.833. The van der Waals surface area contributed by atoms with E-state index in [1.807, 2.05) is 0 Å². The molecule has 0 bridgehead atoms. The Morgan fingerprint density at radius 1 is 1.22 bits per heavy atom. The lowest BCUT2D eigenvalue weighted by atomic mass is 9.67. The van der Waals surface area contributed by atoms with Gasteiger partial charge in [0.05, 0.1) is 25.3 Å². The molecule has 1 aliphatic rings. The normalized spacial score (nSPS) is 20.7. The Hall–Kier alpha value is -1.14. The van der Waals surface area contributed by atoms with E-state index >= 15 is 0 Å². The minimum Gasteiger partial charge on any atom is -0.394 e. The highest BCUT2D eigenvalue weighted by Gasteiger charge is 2.52. The predicted octanol–water partition coefficient (Wildman–Crippen LogP) is -0.768. The van der Waals surface area contributed by atoms with E-state index < -0.39 is 23.4 Å². The van der Waals surface area contributed by atoms with E-state index in [1.54, 1.807) is 13.8 Å². The van der Waals surface area contributed by atoms with Crippen molar-refractivity contribution in [2.45, 2.75) is 45.2 Å². The van der Waals surface area contributed by atoms with Crippen LogP contribution in [0.5, 0.6) is 0 Å². The molecule has 0 saturated heterocycles. The first-order valence-electron chi connectivity index (χ1n) is 6.25. The van der Waals surface area contributed by atoms with E-state index in [1.165, 1.54) is 4.90 Å². The van der Waals surface area contributed by atoms with Gasteiger partial charge in [0.2, 0.25) is 11.8 Å². The van der Waals surface area contributed by atoms with Crippen molar-refractivity contribution in [2.24, 2.45) is 11.1 Å². The summed E-state index contributed by atoms with van der Waals surface area (Å²) in [5, 5.41) is 18.4. The molecule has 18 heavy (non-hydrogen) atoms. The molecule has 2 amide bonds. The van der Waals surface area contributed by atoms with Gasteiger partial charge in [0.1, 0.15) is 5.41 Å². The van der Waals surface area contributed by atoms with Gasteiger partial charge in [-0.15, -0.1) is 0 Å². The van der Waals surface area contributed by atoms with E-state index in [0.717, 1.165) is 6.42 Å². The van der Waals surface area contributed by atoms with Gasteiger partial charge < -0.3 is 20.8 Å². The molecule has 0 aromatic heterocycles. The monoisotopic (exact) mass is 258 g/mol. The van der Waals surface area contributed by atoms with E-state index in [2.05, 4.69) is 0 Å². The van der Waals surface area contributed by atoms with E-state index in [0.29, 0.717) is 12.8 Å². The zero-order chi connectivity index (χ0) is 13.9. The van der Waals surface area contributed by atoms with E-state index in [4.69, 9.17) is 5.73 Å². The van der Waals surface area contributed by atoms with Crippen molar-refractivity contribution in [1.29, 1.82) is 0 Å². The molecule has 1 fully saturated rings. The lowest BCUT2D eigenvalue weighted by Crippen LogP contribution is -2.60. The van der Waals surface area contributed by atoms with Crippen LogP contribution in [0.15, 0.2) is 0 Å². The zero-order valence-electron chi connectivity index (χ0n) is 10.9. The minimum atomic E-state index is -1.13. The molecule has 104 valence electrons.